The van der Waals surface area contributed by atoms with Crippen molar-refractivity contribution in [1.82, 2.24) is 10.2 Å². The summed E-state index contributed by atoms with van der Waals surface area (Å²) in [6.45, 7) is 2.81. The Labute approximate surface area is 214 Å². The second-order valence-corrected chi connectivity index (χ2v) is 8.73. The van der Waals surface area contributed by atoms with Crippen molar-refractivity contribution in [2.45, 2.75) is 25.6 Å². The van der Waals surface area contributed by atoms with Gasteiger partial charge in [0.25, 0.3) is 5.91 Å². The van der Waals surface area contributed by atoms with Crippen LogP contribution in [0.15, 0.2) is 72.8 Å². The van der Waals surface area contributed by atoms with E-state index in [-0.39, 0.29) is 18.4 Å². The molecule has 2 atom stereocenters. The largest absolute Gasteiger partial charge is 0.438 e. The van der Waals surface area contributed by atoms with Gasteiger partial charge in [0, 0.05) is 24.9 Å². The molecule has 0 saturated carbocycles. The Hall–Kier alpha value is -4.24. The molecule has 1 aliphatic rings. The maximum absolute atomic E-state index is 13.2. The molecule has 3 amide bonds. The molecule has 0 spiro atoms. The molecule has 1 heterocycles. The summed E-state index contributed by atoms with van der Waals surface area (Å²) in [6.07, 6.45) is -1.44. The monoisotopic (exact) mass is 505 g/mol. The van der Waals surface area contributed by atoms with Gasteiger partial charge >= 0.3 is 6.09 Å². The molecule has 1 saturated heterocycles. The fourth-order valence-electron chi connectivity index (χ4n) is 4.04. The first kappa shape index (κ1) is 25.8. The van der Waals surface area contributed by atoms with E-state index in [1.165, 1.54) is 36.3 Å². The molecule has 9 heteroatoms. The first-order chi connectivity index (χ1) is 17.9. The van der Waals surface area contributed by atoms with Crippen molar-refractivity contribution in [1.29, 1.82) is 0 Å². The number of amides is 3. The van der Waals surface area contributed by atoms with E-state index in [1.54, 1.807) is 24.3 Å². The average Bonchev–Trinajstić information content (AvgIpc) is 3.22. The van der Waals surface area contributed by atoms with Gasteiger partial charge in [-0.3, -0.25) is 14.5 Å². The predicted octanol–water partition coefficient (Wildman–Crippen LogP) is 4.21. The molecule has 0 aliphatic carbocycles. The fraction of sp³-hybridized carbons (Fsp3) is 0.250. The normalized spacial score (nSPS) is 16.8. The number of benzene rings is 3. The van der Waals surface area contributed by atoms with Gasteiger partial charge in [0.05, 0.1) is 13.2 Å². The number of nitrogens with one attached hydrogen (secondary N) is 2. The highest BCUT2D eigenvalue weighted by atomic mass is 19.1. The Balaban J connectivity index is 1.53. The van der Waals surface area contributed by atoms with Crippen LogP contribution in [0.25, 0.3) is 0 Å². The summed E-state index contributed by atoms with van der Waals surface area (Å²) < 4.78 is 23.8. The molecule has 1 fully saturated rings. The van der Waals surface area contributed by atoms with Gasteiger partial charge in [0.2, 0.25) is 5.91 Å². The van der Waals surface area contributed by atoms with Crippen molar-refractivity contribution >= 4 is 23.6 Å². The van der Waals surface area contributed by atoms with Crippen LogP contribution in [-0.2, 0) is 20.8 Å². The van der Waals surface area contributed by atoms with Gasteiger partial charge < -0.3 is 20.1 Å². The Morgan fingerprint density at radius 2 is 1.68 bits per heavy atom. The van der Waals surface area contributed by atoms with Crippen LogP contribution in [-0.4, -0.2) is 49.1 Å². The Morgan fingerprint density at radius 1 is 1.00 bits per heavy atom. The van der Waals surface area contributed by atoms with E-state index in [2.05, 4.69) is 10.6 Å². The standard InChI is InChI=1S/C28H28FN3O5/c1-18-3-5-19(6-4-18)17-32-24(27(34)30-15-16-36-2)25(37-28(32)35)20-9-13-23(14-10-20)31-26(33)21-7-11-22(29)12-8-21/h3-14,24-25H,15-17H2,1-2H3,(H,30,34)(H,31,33). The molecular formula is C28H28FN3O5. The van der Waals surface area contributed by atoms with Crippen LogP contribution in [0.4, 0.5) is 14.9 Å². The summed E-state index contributed by atoms with van der Waals surface area (Å²) in [5, 5.41) is 5.55. The van der Waals surface area contributed by atoms with Crippen LogP contribution in [0.3, 0.4) is 0 Å². The van der Waals surface area contributed by atoms with Gasteiger partial charge in [0.15, 0.2) is 12.1 Å². The third kappa shape index (κ3) is 6.31. The Morgan fingerprint density at radius 3 is 2.32 bits per heavy atom. The molecule has 0 radical (unpaired) electrons. The van der Waals surface area contributed by atoms with Crippen molar-refractivity contribution in [3.05, 3.63) is 101 Å². The van der Waals surface area contributed by atoms with Crippen molar-refractivity contribution in [2.75, 3.05) is 25.6 Å². The quantitative estimate of drug-likeness (QED) is 0.425. The zero-order valence-corrected chi connectivity index (χ0v) is 20.6. The number of carbonyl (C=O) groups is 3. The van der Waals surface area contributed by atoms with E-state index in [1.807, 2.05) is 31.2 Å². The number of hydrogen-bond donors (Lipinski definition) is 2. The number of hydrogen-bond acceptors (Lipinski definition) is 5. The highest BCUT2D eigenvalue weighted by molar-refractivity contribution is 6.04. The van der Waals surface area contributed by atoms with Gasteiger partial charge in [0.1, 0.15) is 5.82 Å². The van der Waals surface area contributed by atoms with Gasteiger partial charge in [-0.05, 0) is 54.4 Å². The highest BCUT2D eigenvalue weighted by Gasteiger charge is 2.46. The molecule has 37 heavy (non-hydrogen) atoms. The number of rotatable bonds is 9. The van der Waals surface area contributed by atoms with Crippen LogP contribution >= 0.6 is 0 Å². The number of cyclic esters (lactones) is 1. The lowest BCUT2D eigenvalue weighted by Gasteiger charge is -2.24. The van der Waals surface area contributed by atoms with Crippen LogP contribution < -0.4 is 10.6 Å². The molecule has 8 nitrogen and oxygen atoms in total. The molecule has 3 aromatic rings. The Bertz CT molecular complexity index is 1250. The molecule has 3 aromatic carbocycles. The van der Waals surface area contributed by atoms with Crippen LogP contribution in [0.2, 0.25) is 0 Å². The highest BCUT2D eigenvalue weighted by Crippen LogP contribution is 2.34. The molecule has 2 N–H and O–H groups in total. The molecule has 0 bridgehead atoms. The predicted molar refractivity (Wildman–Crippen MR) is 135 cm³/mol. The van der Waals surface area contributed by atoms with E-state index in [0.29, 0.717) is 30.0 Å². The minimum atomic E-state index is -0.898. The summed E-state index contributed by atoms with van der Waals surface area (Å²) in [5.41, 5.74) is 3.38. The summed E-state index contributed by atoms with van der Waals surface area (Å²) in [4.78, 5) is 39.9. The van der Waals surface area contributed by atoms with Gasteiger partial charge in [-0.1, -0.05) is 42.0 Å². The number of carbonyl (C=O) groups excluding carboxylic acids is 3. The number of nitrogens with zero attached hydrogens (tertiary/aromatic N) is 1. The number of methoxy groups -OCH3 is 1. The van der Waals surface area contributed by atoms with Crippen molar-refractivity contribution in [3.8, 4) is 0 Å². The van der Waals surface area contributed by atoms with Gasteiger partial charge in [-0.25, -0.2) is 9.18 Å². The van der Waals surface area contributed by atoms with Crippen LogP contribution in [0, 0.1) is 12.7 Å². The summed E-state index contributed by atoms with van der Waals surface area (Å²) in [6, 6.07) is 18.7. The molecule has 192 valence electrons. The van der Waals surface area contributed by atoms with E-state index in [9.17, 15) is 18.8 Å². The van der Waals surface area contributed by atoms with E-state index in [4.69, 9.17) is 9.47 Å². The lowest BCUT2D eigenvalue weighted by Crippen LogP contribution is -2.47. The SMILES string of the molecule is COCCNC(=O)C1C(c2ccc(NC(=O)c3ccc(F)cc3)cc2)OC(=O)N1Cc1ccc(C)cc1. The minimum Gasteiger partial charge on any atom is -0.438 e. The number of ether oxygens (including phenoxy) is 2. The second kappa shape index (κ2) is 11.7. The number of aryl methyl sites for hydroxylation is 1. The van der Waals surface area contributed by atoms with E-state index < -0.39 is 24.1 Å². The molecular weight excluding hydrogens is 477 g/mol. The van der Waals surface area contributed by atoms with Crippen molar-refractivity contribution in [3.63, 3.8) is 0 Å². The zero-order chi connectivity index (χ0) is 26.4. The van der Waals surface area contributed by atoms with Crippen LogP contribution in [0.5, 0.6) is 0 Å². The van der Waals surface area contributed by atoms with Crippen LogP contribution in [0.1, 0.15) is 33.2 Å². The third-order valence-corrected chi connectivity index (χ3v) is 6.04. The maximum atomic E-state index is 13.2. The first-order valence-electron chi connectivity index (χ1n) is 11.8. The first-order valence-corrected chi connectivity index (χ1v) is 11.8. The lowest BCUT2D eigenvalue weighted by atomic mass is 10.00. The smallest absolute Gasteiger partial charge is 0.411 e. The Kier molecular flexibility index (Phi) is 8.15. The number of anilines is 1. The molecule has 1 aliphatic heterocycles. The van der Waals surface area contributed by atoms with Crippen molar-refractivity contribution in [2.24, 2.45) is 0 Å². The lowest BCUT2D eigenvalue weighted by molar-refractivity contribution is -0.126. The van der Waals surface area contributed by atoms with Gasteiger partial charge in [-0.2, -0.15) is 0 Å². The topological polar surface area (TPSA) is 97.0 Å². The zero-order valence-electron chi connectivity index (χ0n) is 20.6. The summed E-state index contributed by atoms with van der Waals surface area (Å²) in [5.74, 6) is -1.17. The molecule has 4 rings (SSSR count). The van der Waals surface area contributed by atoms with E-state index in [0.717, 1.165) is 11.1 Å². The fourth-order valence-corrected chi connectivity index (χ4v) is 4.04. The van der Waals surface area contributed by atoms with E-state index >= 15 is 0 Å². The minimum absolute atomic E-state index is 0.212. The third-order valence-electron chi connectivity index (χ3n) is 6.04. The second-order valence-electron chi connectivity index (χ2n) is 8.73. The van der Waals surface area contributed by atoms with Gasteiger partial charge in [-0.15, -0.1) is 0 Å². The van der Waals surface area contributed by atoms with Crippen molar-refractivity contribution < 1.29 is 28.2 Å². The average molecular weight is 506 g/mol. The summed E-state index contributed by atoms with van der Waals surface area (Å²) >= 11 is 0. The maximum Gasteiger partial charge on any atom is 0.411 e. The molecule has 0 aromatic heterocycles. The summed E-state index contributed by atoms with van der Waals surface area (Å²) in [7, 11) is 1.54. The number of halogens is 1. The molecule has 2 unspecified atom stereocenters.